The molecule has 1 fully saturated rings. The van der Waals surface area contributed by atoms with Gasteiger partial charge in [-0.2, -0.15) is 0 Å². The van der Waals surface area contributed by atoms with E-state index < -0.39 is 5.60 Å². The van der Waals surface area contributed by atoms with Crippen LogP contribution in [-0.4, -0.2) is 36.4 Å². The van der Waals surface area contributed by atoms with Gasteiger partial charge in [0, 0.05) is 43.1 Å². The van der Waals surface area contributed by atoms with Crippen molar-refractivity contribution in [2.75, 3.05) is 19.8 Å². The van der Waals surface area contributed by atoms with Gasteiger partial charge >= 0.3 is 0 Å². The van der Waals surface area contributed by atoms with Gasteiger partial charge in [0.25, 0.3) is 0 Å². The lowest BCUT2D eigenvalue weighted by atomic mass is 9.94. The number of amides is 1. The number of ether oxygens (including phenoxy) is 1. The molecule has 1 aromatic carbocycles. The molecule has 1 amide bonds. The molecule has 1 aromatic rings. The van der Waals surface area contributed by atoms with Gasteiger partial charge in [-0.15, -0.1) is 0 Å². The second kappa shape index (κ2) is 7.02. The van der Waals surface area contributed by atoms with E-state index in [0.29, 0.717) is 26.1 Å². The van der Waals surface area contributed by atoms with Gasteiger partial charge in [-0.05, 0) is 23.8 Å². The maximum absolute atomic E-state index is 11.7. The molecule has 0 radical (unpaired) electrons. The van der Waals surface area contributed by atoms with Crippen molar-refractivity contribution in [3.8, 4) is 0 Å². The van der Waals surface area contributed by atoms with Gasteiger partial charge in [-0.1, -0.05) is 28.1 Å². The molecule has 108 valence electrons. The molecule has 2 rings (SSSR count). The predicted octanol–water partition coefficient (Wildman–Crippen LogP) is 2.12. The number of hydrogen-bond donors (Lipinski definition) is 2. The maximum Gasteiger partial charge on any atom is 0.244 e. The van der Waals surface area contributed by atoms with Crippen LogP contribution in [0.5, 0.6) is 0 Å². The van der Waals surface area contributed by atoms with Crippen molar-refractivity contribution >= 4 is 27.9 Å². The largest absolute Gasteiger partial charge is 0.388 e. The van der Waals surface area contributed by atoms with Gasteiger partial charge in [0.05, 0.1) is 5.60 Å². The maximum atomic E-state index is 11.7. The SMILES string of the molecule is O=C(/C=C/c1ccc(Br)cc1)NCC1(O)CCOCC1. The quantitative estimate of drug-likeness (QED) is 0.826. The van der Waals surface area contributed by atoms with E-state index in [1.165, 1.54) is 6.08 Å². The summed E-state index contributed by atoms with van der Waals surface area (Å²) in [7, 11) is 0. The number of rotatable bonds is 4. The van der Waals surface area contributed by atoms with Crippen LogP contribution in [0.4, 0.5) is 0 Å². The first-order chi connectivity index (χ1) is 9.57. The Kier molecular flexibility index (Phi) is 5.34. The number of carbonyl (C=O) groups excluding carboxylic acids is 1. The highest BCUT2D eigenvalue weighted by molar-refractivity contribution is 9.10. The summed E-state index contributed by atoms with van der Waals surface area (Å²) in [6, 6.07) is 7.67. The molecule has 0 unspecified atom stereocenters. The zero-order valence-electron chi connectivity index (χ0n) is 11.1. The minimum Gasteiger partial charge on any atom is -0.388 e. The summed E-state index contributed by atoms with van der Waals surface area (Å²) in [5.41, 5.74) is 0.118. The van der Waals surface area contributed by atoms with Gasteiger partial charge < -0.3 is 15.2 Å². The Bertz CT molecular complexity index is 478. The molecule has 5 heteroatoms. The third kappa shape index (κ3) is 4.74. The Labute approximate surface area is 127 Å². The molecule has 1 aliphatic rings. The highest BCUT2D eigenvalue weighted by Gasteiger charge is 2.29. The van der Waals surface area contributed by atoms with E-state index in [9.17, 15) is 9.90 Å². The van der Waals surface area contributed by atoms with Crippen LogP contribution in [0.15, 0.2) is 34.8 Å². The number of halogens is 1. The van der Waals surface area contributed by atoms with Crippen molar-refractivity contribution in [2.24, 2.45) is 0 Å². The monoisotopic (exact) mass is 339 g/mol. The first kappa shape index (κ1) is 15.2. The van der Waals surface area contributed by atoms with Crippen molar-refractivity contribution < 1.29 is 14.6 Å². The standard InChI is InChI=1S/C15H18BrNO3/c16-13-4-1-12(2-5-13)3-6-14(18)17-11-15(19)7-9-20-10-8-15/h1-6,19H,7-11H2,(H,17,18)/b6-3+. The lowest BCUT2D eigenvalue weighted by Crippen LogP contribution is -2.46. The van der Waals surface area contributed by atoms with Crippen LogP contribution in [0, 0.1) is 0 Å². The number of carbonyl (C=O) groups is 1. The fraction of sp³-hybridized carbons (Fsp3) is 0.400. The van der Waals surface area contributed by atoms with E-state index in [0.717, 1.165) is 10.0 Å². The van der Waals surface area contributed by atoms with Crippen LogP contribution in [0.1, 0.15) is 18.4 Å². The zero-order valence-corrected chi connectivity index (χ0v) is 12.7. The molecular weight excluding hydrogens is 322 g/mol. The lowest BCUT2D eigenvalue weighted by molar-refractivity contribution is -0.119. The van der Waals surface area contributed by atoms with Gasteiger partial charge in [0.1, 0.15) is 0 Å². The topological polar surface area (TPSA) is 58.6 Å². The predicted molar refractivity (Wildman–Crippen MR) is 81.2 cm³/mol. The molecule has 0 bridgehead atoms. The van der Waals surface area contributed by atoms with Crippen molar-refractivity contribution in [1.29, 1.82) is 0 Å². The van der Waals surface area contributed by atoms with Gasteiger partial charge in [0.15, 0.2) is 0 Å². The summed E-state index contributed by atoms with van der Waals surface area (Å²) in [5, 5.41) is 12.9. The molecule has 0 spiro atoms. The fourth-order valence-electron chi connectivity index (χ4n) is 1.98. The highest BCUT2D eigenvalue weighted by Crippen LogP contribution is 2.19. The van der Waals surface area contributed by atoms with Gasteiger partial charge in [-0.3, -0.25) is 4.79 Å². The van der Waals surface area contributed by atoms with Crippen LogP contribution in [0.25, 0.3) is 6.08 Å². The number of aliphatic hydroxyl groups is 1. The molecule has 20 heavy (non-hydrogen) atoms. The smallest absolute Gasteiger partial charge is 0.244 e. The molecule has 0 aromatic heterocycles. The van der Waals surface area contributed by atoms with E-state index in [1.807, 2.05) is 24.3 Å². The van der Waals surface area contributed by atoms with Crippen LogP contribution < -0.4 is 5.32 Å². The fourth-order valence-corrected chi connectivity index (χ4v) is 2.25. The summed E-state index contributed by atoms with van der Waals surface area (Å²) >= 11 is 3.36. The van der Waals surface area contributed by atoms with E-state index in [-0.39, 0.29) is 12.5 Å². The molecule has 0 aliphatic carbocycles. The third-order valence-electron chi connectivity index (χ3n) is 3.31. The van der Waals surface area contributed by atoms with Crippen LogP contribution >= 0.6 is 15.9 Å². The Morgan fingerprint density at radius 1 is 1.35 bits per heavy atom. The van der Waals surface area contributed by atoms with E-state index in [2.05, 4.69) is 21.2 Å². The van der Waals surface area contributed by atoms with Gasteiger partial charge in [0.2, 0.25) is 5.91 Å². The Morgan fingerprint density at radius 3 is 2.65 bits per heavy atom. The Balaban J connectivity index is 1.81. The number of nitrogens with one attached hydrogen (secondary N) is 1. The molecular formula is C15H18BrNO3. The summed E-state index contributed by atoms with van der Waals surface area (Å²) in [6.07, 6.45) is 4.34. The second-order valence-electron chi connectivity index (χ2n) is 4.94. The first-order valence-corrected chi connectivity index (χ1v) is 7.38. The number of benzene rings is 1. The summed E-state index contributed by atoms with van der Waals surface area (Å²) in [6.45, 7) is 1.35. The minimum atomic E-state index is -0.834. The van der Waals surface area contributed by atoms with Crippen LogP contribution in [0.3, 0.4) is 0 Å². The van der Waals surface area contributed by atoms with Crippen LogP contribution in [-0.2, 0) is 9.53 Å². The summed E-state index contributed by atoms with van der Waals surface area (Å²) in [4.78, 5) is 11.7. The average molecular weight is 340 g/mol. The molecule has 1 aliphatic heterocycles. The van der Waals surface area contributed by atoms with Crippen LogP contribution in [0.2, 0.25) is 0 Å². The first-order valence-electron chi connectivity index (χ1n) is 6.59. The second-order valence-corrected chi connectivity index (χ2v) is 5.86. The number of hydrogen-bond acceptors (Lipinski definition) is 3. The average Bonchev–Trinajstić information content (AvgIpc) is 2.45. The van der Waals surface area contributed by atoms with Gasteiger partial charge in [-0.25, -0.2) is 0 Å². The molecule has 0 saturated carbocycles. The minimum absolute atomic E-state index is 0.201. The Hall–Kier alpha value is -1.17. The molecule has 1 saturated heterocycles. The molecule has 4 nitrogen and oxygen atoms in total. The normalized spacial score (nSPS) is 18.1. The molecule has 0 atom stereocenters. The van der Waals surface area contributed by atoms with Crippen molar-refractivity contribution in [3.05, 3.63) is 40.4 Å². The van der Waals surface area contributed by atoms with Crippen molar-refractivity contribution in [2.45, 2.75) is 18.4 Å². The van der Waals surface area contributed by atoms with E-state index in [4.69, 9.17) is 4.74 Å². The zero-order chi connectivity index (χ0) is 14.4. The molecule has 2 N–H and O–H groups in total. The van der Waals surface area contributed by atoms with E-state index in [1.54, 1.807) is 6.08 Å². The van der Waals surface area contributed by atoms with Crippen molar-refractivity contribution in [3.63, 3.8) is 0 Å². The third-order valence-corrected chi connectivity index (χ3v) is 3.84. The summed E-state index contributed by atoms with van der Waals surface area (Å²) < 4.78 is 6.20. The van der Waals surface area contributed by atoms with E-state index >= 15 is 0 Å². The molecule has 1 heterocycles. The lowest BCUT2D eigenvalue weighted by Gasteiger charge is -2.31. The highest BCUT2D eigenvalue weighted by atomic mass is 79.9. The van der Waals surface area contributed by atoms with Crippen molar-refractivity contribution in [1.82, 2.24) is 5.32 Å². The Morgan fingerprint density at radius 2 is 2.00 bits per heavy atom. The summed E-state index contributed by atoms with van der Waals surface area (Å²) in [5.74, 6) is -0.201.